The van der Waals surface area contributed by atoms with Gasteiger partial charge >= 0.3 is 5.69 Å². The van der Waals surface area contributed by atoms with Crippen LogP contribution in [0.2, 0.25) is 0 Å². The summed E-state index contributed by atoms with van der Waals surface area (Å²) in [7, 11) is 0. The highest BCUT2D eigenvalue weighted by molar-refractivity contribution is 6.01. The number of nitrogens with two attached hydrogens (primary N) is 1. The number of aromatic amines is 1. The van der Waals surface area contributed by atoms with Crippen molar-refractivity contribution in [2.75, 3.05) is 18.6 Å². The van der Waals surface area contributed by atoms with E-state index in [0.29, 0.717) is 11.5 Å². The first kappa shape index (κ1) is 12.2. The summed E-state index contributed by atoms with van der Waals surface area (Å²) in [6, 6.07) is 0. The molecule has 9 heteroatoms. The van der Waals surface area contributed by atoms with Crippen LogP contribution in [0.1, 0.15) is 18.3 Å². The van der Waals surface area contributed by atoms with Crippen molar-refractivity contribution in [2.45, 2.75) is 24.9 Å². The van der Waals surface area contributed by atoms with Crippen molar-refractivity contribution < 1.29 is 14.9 Å². The normalized spacial score (nSPS) is 29.8. The van der Waals surface area contributed by atoms with E-state index in [9.17, 15) is 9.90 Å². The van der Waals surface area contributed by atoms with Crippen LogP contribution in [0, 0.1) is 0 Å². The summed E-state index contributed by atoms with van der Waals surface area (Å²) in [5.74, 6) is 0.746. The van der Waals surface area contributed by atoms with Gasteiger partial charge in [0.05, 0.1) is 12.7 Å². The molecular formula is C10H15N5O4. The van der Waals surface area contributed by atoms with E-state index in [2.05, 4.69) is 15.3 Å². The molecule has 0 unspecified atom stereocenters. The zero-order valence-electron chi connectivity index (χ0n) is 10.0. The monoisotopic (exact) mass is 269 g/mol. The van der Waals surface area contributed by atoms with Crippen LogP contribution in [-0.2, 0) is 4.74 Å². The van der Waals surface area contributed by atoms with Crippen LogP contribution < -0.4 is 16.7 Å². The van der Waals surface area contributed by atoms with Crippen LogP contribution in [0.3, 0.4) is 0 Å². The van der Waals surface area contributed by atoms with E-state index >= 15 is 0 Å². The molecule has 0 amide bonds. The molecule has 19 heavy (non-hydrogen) atoms. The Morgan fingerprint density at radius 3 is 3.05 bits per heavy atom. The van der Waals surface area contributed by atoms with E-state index in [1.165, 1.54) is 4.57 Å². The van der Waals surface area contributed by atoms with Gasteiger partial charge in [-0.3, -0.25) is 4.57 Å². The van der Waals surface area contributed by atoms with Crippen LogP contribution in [0.25, 0.3) is 0 Å². The molecule has 0 spiro atoms. The zero-order valence-corrected chi connectivity index (χ0v) is 10.0. The number of nitrogens with zero attached hydrogens (tertiary/aromatic N) is 2. The predicted molar refractivity (Wildman–Crippen MR) is 65.9 cm³/mol. The fourth-order valence-electron chi connectivity index (χ4n) is 2.40. The Morgan fingerprint density at radius 2 is 2.37 bits per heavy atom. The van der Waals surface area contributed by atoms with E-state index in [0.717, 1.165) is 0 Å². The molecule has 0 aromatic carbocycles. The van der Waals surface area contributed by atoms with Crippen LogP contribution in [-0.4, -0.2) is 51.1 Å². The second-order valence-corrected chi connectivity index (χ2v) is 4.52. The SMILES string of the molecule is NC1=NCNc2c1[nH]c(=O)n2[C@@H]1C[C@@H](O)[C@H](CO)O1. The molecule has 6 N–H and O–H groups in total. The number of hydrogen-bond donors (Lipinski definition) is 5. The minimum absolute atomic E-state index is 0.230. The Morgan fingerprint density at radius 1 is 1.58 bits per heavy atom. The average molecular weight is 269 g/mol. The van der Waals surface area contributed by atoms with Gasteiger partial charge in [0.2, 0.25) is 0 Å². The summed E-state index contributed by atoms with van der Waals surface area (Å²) in [5.41, 5.74) is 5.73. The smallest absolute Gasteiger partial charge is 0.329 e. The van der Waals surface area contributed by atoms with Gasteiger partial charge in [-0.2, -0.15) is 0 Å². The number of ether oxygens (including phenoxy) is 1. The molecule has 1 fully saturated rings. The predicted octanol–water partition coefficient (Wildman–Crippen LogP) is -2.09. The average Bonchev–Trinajstić information content (AvgIpc) is 2.90. The second-order valence-electron chi connectivity index (χ2n) is 4.52. The number of H-pyrrole nitrogens is 1. The first-order valence-electron chi connectivity index (χ1n) is 5.95. The maximum atomic E-state index is 12.0. The third kappa shape index (κ3) is 1.82. The largest absolute Gasteiger partial charge is 0.394 e. The number of anilines is 1. The Bertz CT molecular complexity index is 577. The standard InChI is InChI=1S/C10H15N5O4/c11-8-7-9(13-3-12-8)15(10(18)14-7)6-1-4(17)5(2-16)19-6/h4-6,13,16-17H,1-3H2,(H2,11,12)(H,14,18)/t4-,5+,6+/m1/s1. The van der Waals surface area contributed by atoms with E-state index < -0.39 is 24.1 Å². The van der Waals surface area contributed by atoms with Crippen LogP contribution >= 0.6 is 0 Å². The molecule has 3 rings (SSSR count). The van der Waals surface area contributed by atoms with Gasteiger partial charge < -0.3 is 31.0 Å². The van der Waals surface area contributed by atoms with Crippen LogP contribution in [0.15, 0.2) is 9.79 Å². The highest BCUT2D eigenvalue weighted by atomic mass is 16.5. The van der Waals surface area contributed by atoms with Crippen molar-refractivity contribution in [3.63, 3.8) is 0 Å². The summed E-state index contributed by atoms with van der Waals surface area (Å²) < 4.78 is 6.83. The fourth-order valence-corrected chi connectivity index (χ4v) is 2.40. The number of imidazole rings is 1. The molecule has 1 aromatic heterocycles. The Kier molecular flexibility index (Phi) is 2.81. The van der Waals surface area contributed by atoms with E-state index in [1.807, 2.05) is 0 Å². The number of aliphatic hydroxyl groups excluding tert-OH is 2. The van der Waals surface area contributed by atoms with Crippen molar-refractivity contribution >= 4 is 11.7 Å². The van der Waals surface area contributed by atoms with Crippen LogP contribution in [0.4, 0.5) is 5.82 Å². The van der Waals surface area contributed by atoms with Gasteiger partial charge in [0.25, 0.3) is 0 Å². The molecule has 3 atom stereocenters. The lowest BCUT2D eigenvalue weighted by Crippen LogP contribution is -2.27. The zero-order chi connectivity index (χ0) is 13.6. The van der Waals surface area contributed by atoms with E-state index in [-0.39, 0.29) is 25.5 Å². The molecule has 0 radical (unpaired) electrons. The lowest BCUT2D eigenvalue weighted by Gasteiger charge is -2.18. The van der Waals surface area contributed by atoms with E-state index in [4.69, 9.17) is 15.6 Å². The minimum atomic E-state index is -0.804. The van der Waals surface area contributed by atoms with Gasteiger partial charge in [-0.05, 0) is 0 Å². The summed E-state index contributed by atoms with van der Waals surface area (Å²) in [5, 5.41) is 21.7. The maximum Gasteiger partial charge on any atom is 0.329 e. The van der Waals surface area contributed by atoms with Gasteiger partial charge in [0.1, 0.15) is 36.3 Å². The number of aliphatic imine (C=N–C) groups is 1. The number of aliphatic hydroxyl groups is 2. The summed E-state index contributed by atoms with van der Waals surface area (Å²) in [6.07, 6.45) is -1.90. The molecule has 3 heterocycles. The number of rotatable bonds is 2. The quantitative estimate of drug-likeness (QED) is 0.417. The summed E-state index contributed by atoms with van der Waals surface area (Å²) >= 11 is 0. The van der Waals surface area contributed by atoms with Crippen molar-refractivity contribution in [1.82, 2.24) is 9.55 Å². The third-order valence-electron chi connectivity index (χ3n) is 3.35. The van der Waals surface area contributed by atoms with Gasteiger partial charge in [0, 0.05) is 6.42 Å². The first-order chi connectivity index (χ1) is 9.11. The molecule has 1 saturated heterocycles. The topological polar surface area (TPSA) is 138 Å². The first-order valence-corrected chi connectivity index (χ1v) is 5.95. The number of aromatic nitrogens is 2. The number of fused-ring (bicyclic) bond motifs is 1. The Labute approximate surface area is 107 Å². The molecule has 1 aromatic rings. The Hall–Kier alpha value is -1.84. The summed E-state index contributed by atoms with van der Waals surface area (Å²) in [4.78, 5) is 18.5. The second kappa shape index (κ2) is 4.37. The lowest BCUT2D eigenvalue weighted by atomic mass is 10.2. The van der Waals surface area contributed by atoms with Crippen molar-refractivity contribution in [2.24, 2.45) is 10.7 Å². The number of hydrogen-bond acceptors (Lipinski definition) is 7. The summed E-state index contributed by atoms with van der Waals surface area (Å²) in [6.45, 7) is -0.0229. The molecule has 0 aliphatic carbocycles. The van der Waals surface area contributed by atoms with Crippen LogP contribution in [0.5, 0.6) is 0 Å². The Balaban J connectivity index is 1.99. The van der Waals surface area contributed by atoms with Gasteiger partial charge in [0.15, 0.2) is 0 Å². The highest BCUT2D eigenvalue weighted by Gasteiger charge is 2.37. The van der Waals surface area contributed by atoms with Crippen molar-refractivity contribution in [3.05, 3.63) is 16.2 Å². The molecule has 104 valence electrons. The van der Waals surface area contributed by atoms with Gasteiger partial charge in [-0.15, -0.1) is 0 Å². The maximum absolute atomic E-state index is 12.0. The van der Waals surface area contributed by atoms with Gasteiger partial charge in [-0.25, -0.2) is 9.79 Å². The number of amidine groups is 1. The van der Waals surface area contributed by atoms with E-state index in [1.54, 1.807) is 0 Å². The lowest BCUT2D eigenvalue weighted by molar-refractivity contribution is -0.0447. The number of nitrogens with one attached hydrogen (secondary N) is 2. The minimum Gasteiger partial charge on any atom is -0.394 e. The molecule has 2 aliphatic rings. The van der Waals surface area contributed by atoms with Gasteiger partial charge in [-0.1, -0.05) is 0 Å². The molecule has 0 saturated carbocycles. The molecular weight excluding hydrogens is 254 g/mol. The fraction of sp³-hybridized carbons (Fsp3) is 0.600. The van der Waals surface area contributed by atoms with Crippen molar-refractivity contribution in [1.29, 1.82) is 0 Å². The highest BCUT2D eigenvalue weighted by Crippen LogP contribution is 2.31. The molecule has 9 nitrogen and oxygen atoms in total. The van der Waals surface area contributed by atoms with Crippen molar-refractivity contribution in [3.8, 4) is 0 Å². The third-order valence-corrected chi connectivity index (χ3v) is 3.35. The molecule has 0 bridgehead atoms. The molecule has 2 aliphatic heterocycles.